The van der Waals surface area contributed by atoms with Crippen molar-refractivity contribution in [3.63, 3.8) is 0 Å². The first kappa shape index (κ1) is 112. The highest BCUT2D eigenvalue weighted by molar-refractivity contribution is 7.81. The molecule has 10 rings (SSSR count). The van der Waals surface area contributed by atoms with Crippen LogP contribution >= 0.6 is 63.1 Å². The number of benzene rings is 5. The van der Waals surface area contributed by atoms with E-state index >= 15 is 0 Å². The molecular formula is C105H150F5O5S5. The van der Waals surface area contributed by atoms with Crippen LogP contribution in [0.15, 0.2) is 146 Å². The second-order valence-corrected chi connectivity index (χ2v) is 35.1. The molecule has 5 nitrogen and oxygen atoms in total. The van der Waals surface area contributed by atoms with Gasteiger partial charge in [-0.25, -0.2) is 0 Å². The highest BCUT2D eigenvalue weighted by atomic mass is 32.1. The highest BCUT2D eigenvalue weighted by Crippen LogP contribution is 2.32. The molecule has 0 spiro atoms. The van der Waals surface area contributed by atoms with Crippen molar-refractivity contribution in [1.29, 1.82) is 0 Å². The van der Waals surface area contributed by atoms with Gasteiger partial charge in [0.15, 0.2) is 0 Å². The van der Waals surface area contributed by atoms with Crippen LogP contribution in [-0.2, 0) is 23.7 Å². The van der Waals surface area contributed by atoms with Crippen molar-refractivity contribution >= 4 is 63.1 Å². The van der Waals surface area contributed by atoms with Crippen molar-refractivity contribution < 1.29 is 47.2 Å². The van der Waals surface area contributed by atoms with E-state index in [4.69, 9.17) is 86.8 Å². The molecule has 0 heterocycles. The summed E-state index contributed by atoms with van der Waals surface area (Å²) in [6, 6.07) is 39.7. The molecule has 5 aliphatic rings. The summed E-state index contributed by atoms with van der Waals surface area (Å²) in [7, 11) is 0. The van der Waals surface area contributed by atoms with Crippen molar-refractivity contribution in [3.05, 3.63) is 149 Å². The van der Waals surface area contributed by atoms with Gasteiger partial charge in [-0.1, -0.05) is 285 Å². The summed E-state index contributed by atoms with van der Waals surface area (Å²) >= 11 is 25.5. The maximum Gasteiger partial charge on any atom is 0.0576 e. The molecule has 0 N–H and O–H groups in total. The third kappa shape index (κ3) is 54.9. The largest absolute Gasteiger partial charge is 0.378 e. The standard InChI is InChI=1S/5C21H29OS.5FH/c5*1-2-3-4-5-6-17-22-20-13-9-18(10-14-20)7-8-19-11-15-21(23)16-12-19;;;;;/h5*11-12,15-16,18,20H,2-6,9-10,13-14,17H2,1H3;5*1H/t5*18-,20-;;;;;. The molecule has 5 aromatic rings. The molecule has 0 atom stereocenters. The minimum absolute atomic E-state index is 0. The van der Waals surface area contributed by atoms with Crippen molar-refractivity contribution in [2.75, 3.05) is 33.0 Å². The zero-order valence-corrected chi connectivity index (χ0v) is 77.9. The van der Waals surface area contributed by atoms with Gasteiger partial charge in [0.2, 0.25) is 0 Å². The minimum Gasteiger partial charge on any atom is -0.378 e. The van der Waals surface area contributed by atoms with Gasteiger partial charge < -0.3 is 23.7 Å². The number of rotatable bonds is 35. The van der Waals surface area contributed by atoms with Crippen molar-refractivity contribution in [3.8, 4) is 59.2 Å². The van der Waals surface area contributed by atoms with Crippen LogP contribution < -0.4 is 0 Å². The first-order valence-corrected chi connectivity index (χ1v) is 47.9. The van der Waals surface area contributed by atoms with Gasteiger partial charge in [-0.3, -0.25) is 23.5 Å². The molecule has 0 aromatic heterocycles. The number of hydrogen-bond donors (Lipinski definition) is 0. The van der Waals surface area contributed by atoms with Crippen LogP contribution in [-0.4, -0.2) is 63.6 Å². The summed E-state index contributed by atoms with van der Waals surface area (Å²) in [5.74, 6) is 36.3. The molecule has 0 aliphatic heterocycles. The zero-order chi connectivity index (χ0) is 81.7. The molecule has 0 unspecified atom stereocenters. The van der Waals surface area contributed by atoms with E-state index < -0.39 is 0 Å². The third-order valence-electron chi connectivity index (χ3n) is 22.8. The third-order valence-corrected chi connectivity index (χ3v) is 24.1. The van der Waals surface area contributed by atoms with Gasteiger partial charge in [0.1, 0.15) is 0 Å². The number of ether oxygens (including phenoxy) is 5. The Morgan fingerprint density at radius 1 is 0.200 bits per heavy atom. The van der Waals surface area contributed by atoms with E-state index in [1.54, 1.807) is 0 Å². The second-order valence-electron chi connectivity index (χ2n) is 32.8. The maximum atomic E-state index is 6.03. The fourth-order valence-electron chi connectivity index (χ4n) is 15.3. The maximum absolute atomic E-state index is 6.03. The average Bonchev–Trinajstić information content (AvgIpc) is 0.908. The minimum atomic E-state index is 0. The molecule has 5 fully saturated rings. The van der Waals surface area contributed by atoms with Gasteiger partial charge >= 0.3 is 0 Å². The Kier molecular flexibility index (Phi) is 69.1. The van der Waals surface area contributed by atoms with Gasteiger partial charge in [0.25, 0.3) is 0 Å². The number of unbranched alkanes of at least 4 members (excludes halogenated alkanes) is 20. The lowest BCUT2D eigenvalue weighted by Gasteiger charge is -2.25. The summed E-state index contributed by atoms with van der Waals surface area (Å²) < 4.78 is 30.1. The van der Waals surface area contributed by atoms with Gasteiger partial charge in [-0.05, 0) is 282 Å². The van der Waals surface area contributed by atoms with Crippen LogP contribution in [0, 0.1) is 88.8 Å². The van der Waals surface area contributed by atoms with Crippen LogP contribution in [0.25, 0.3) is 0 Å². The predicted molar refractivity (Wildman–Crippen MR) is 511 cm³/mol. The van der Waals surface area contributed by atoms with E-state index in [1.165, 1.54) is 289 Å². The molecular weight excluding hydrogens is 1600 g/mol. The van der Waals surface area contributed by atoms with Crippen molar-refractivity contribution in [2.45, 2.75) is 379 Å². The number of hydrogen-bond acceptors (Lipinski definition) is 5. The van der Waals surface area contributed by atoms with Crippen LogP contribution in [0.2, 0.25) is 0 Å². The van der Waals surface area contributed by atoms with Crippen LogP contribution in [0.4, 0.5) is 23.5 Å². The van der Waals surface area contributed by atoms with E-state index in [2.05, 4.69) is 93.8 Å². The molecule has 0 amide bonds. The summed E-state index contributed by atoms with van der Waals surface area (Å²) in [6.07, 6.45) is 58.6. The molecule has 5 saturated carbocycles. The molecule has 5 aromatic carbocycles. The Morgan fingerprint density at radius 3 is 0.467 bits per heavy atom. The second kappa shape index (κ2) is 73.8. The summed E-state index contributed by atoms with van der Waals surface area (Å²) in [5.41, 5.74) is 5.37. The summed E-state index contributed by atoms with van der Waals surface area (Å²) in [5, 5.41) is 0. The van der Waals surface area contributed by atoms with Gasteiger partial charge in [0.05, 0.1) is 30.5 Å². The monoisotopic (exact) mass is 1750 g/mol. The van der Waals surface area contributed by atoms with E-state index in [-0.39, 0.29) is 23.5 Å². The van der Waals surface area contributed by atoms with Crippen LogP contribution in [0.5, 0.6) is 0 Å². The highest BCUT2D eigenvalue weighted by Gasteiger charge is 2.25. The van der Waals surface area contributed by atoms with Gasteiger partial charge in [-0.2, -0.15) is 0 Å². The topological polar surface area (TPSA) is 46.2 Å². The normalized spacial score (nSPS) is 19.9. The Morgan fingerprint density at radius 2 is 0.333 bits per heavy atom. The van der Waals surface area contributed by atoms with Crippen LogP contribution in [0.1, 0.15) is 351 Å². The van der Waals surface area contributed by atoms with Crippen molar-refractivity contribution in [1.82, 2.24) is 0 Å². The Labute approximate surface area is 754 Å². The predicted octanol–water partition coefficient (Wildman–Crippen LogP) is 31.5. The quantitative estimate of drug-likeness (QED) is 0.0230. The first-order chi connectivity index (χ1) is 56.4. The fourth-order valence-corrected chi connectivity index (χ4v) is 15.9. The lowest BCUT2D eigenvalue weighted by atomic mass is 9.87. The molecule has 120 heavy (non-hydrogen) atoms. The summed E-state index contributed by atoms with van der Waals surface area (Å²) in [4.78, 5) is 4.39. The lowest BCUT2D eigenvalue weighted by Crippen LogP contribution is -2.21. The van der Waals surface area contributed by atoms with E-state index in [1.807, 2.05) is 121 Å². The molecule has 5 aliphatic carbocycles. The molecule has 0 bridgehead atoms. The zero-order valence-electron chi connectivity index (χ0n) is 73.8. The molecule has 5 radical (unpaired) electrons. The van der Waals surface area contributed by atoms with Crippen molar-refractivity contribution in [2.24, 2.45) is 29.6 Å². The lowest BCUT2D eigenvalue weighted by molar-refractivity contribution is 0.0208. The molecule has 0 saturated heterocycles. The Hall–Kier alpha value is -5.55. The van der Waals surface area contributed by atoms with E-state index in [9.17, 15) is 0 Å². The Balaban J connectivity index is 0.000000742. The SMILES string of the molecule is CCCCCCCO[C@H]1CC[C@H](C#Cc2ccc([S])cc2)CC1.CCCCCCCO[C@H]1CC[C@H](C#Cc2ccc([S])cc2)CC1.CCCCCCCO[C@H]1CC[C@H](C#Cc2ccc([S])cc2)CC1.CCCCCCCO[C@H]1CC[C@H](C#Cc2ccc([S])cc2)CC1.CCCCCCCO[C@H]1CC[C@H](C#Cc2ccc([S])cc2)CC1.F.F.F.F.F. The average molecular weight is 1750 g/mol. The molecule has 15 heteroatoms. The van der Waals surface area contributed by atoms with E-state index in [0.717, 1.165) is 85.3 Å². The Bertz CT molecular complexity index is 3030. The van der Waals surface area contributed by atoms with Crippen LogP contribution in [0.3, 0.4) is 0 Å². The fraction of sp³-hybridized carbons (Fsp3) is 0.619. The van der Waals surface area contributed by atoms with Gasteiger partial charge in [0, 0.05) is 115 Å². The summed E-state index contributed by atoms with van der Waals surface area (Å²) in [6.45, 7) is 16.0. The molecule has 665 valence electrons. The van der Waals surface area contributed by atoms with Gasteiger partial charge in [-0.15, -0.1) is 0 Å². The number of halogens is 5. The smallest absolute Gasteiger partial charge is 0.0576 e. The van der Waals surface area contributed by atoms with E-state index in [0.29, 0.717) is 60.1 Å². The first-order valence-electron chi connectivity index (χ1n) is 45.9.